The maximum Gasteiger partial charge on any atom is 0.261 e. The molecule has 1 heterocycles. The smallest absolute Gasteiger partial charge is 0.261 e. The third-order valence-corrected chi connectivity index (χ3v) is 4.22. The number of aromatic hydroxyl groups is 1. The number of aryl methyl sites for hydroxylation is 1. The molecule has 3 N–H and O–H groups in total. The Morgan fingerprint density at radius 2 is 1.89 bits per heavy atom. The third kappa shape index (κ3) is 3.94. The molecule has 3 rings (SSSR count). The lowest BCUT2D eigenvalue weighted by molar-refractivity contribution is 0.102. The normalized spacial score (nSPS) is 10.5. The second-order valence-corrected chi connectivity index (χ2v) is 6.42. The van der Waals surface area contributed by atoms with E-state index in [1.807, 2.05) is 0 Å². The van der Waals surface area contributed by atoms with E-state index in [1.165, 1.54) is 30.3 Å². The van der Waals surface area contributed by atoms with Gasteiger partial charge >= 0.3 is 0 Å². The first-order valence-electron chi connectivity index (χ1n) is 8.04. The molecular weight excluding hydrogens is 387 g/mol. The van der Waals surface area contributed by atoms with Gasteiger partial charge in [-0.2, -0.15) is 0 Å². The second kappa shape index (κ2) is 7.66. The maximum absolute atomic E-state index is 13.2. The van der Waals surface area contributed by atoms with Crippen LogP contribution in [-0.4, -0.2) is 16.8 Å². The number of halogens is 2. The Hall–Kier alpha value is -3.45. The zero-order valence-corrected chi connectivity index (χ0v) is 15.3. The van der Waals surface area contributed by atoms with Crippen LogP contribution in [0.25, 0.3) is 0 Å². The average Bonchev–Trinajstić information content (AvgIpc) is 2.66. The van der Waals surface area contributed by atoms with Gasteiger partial charge in [0, 0.05) is 5.69 Å². The number of nitrogens with one attached hydrogen (secondary N) is 2. The lowest BCUT2D eigenvalue weighted by atomic mass is 10.0. The van der Waals surface area contributed by atoms with Crippen molar-refractivity contribution in [1.29, 1.82) is 5.41 Å². The minimum absolute atomic E-state index is 0.0146. The highest BCUT2D eigenvalue weighted by Crippen LogP contribution is 2.22. The quantitative estimate of drug-likeness (QED) is 0.575. The van der Waals surface area contributed by atoms with E-state index in [2.05, 4.69) is 5.32 Å². The number of phenols is 1. The van der Waals surface area contributed by atoms with Gasteiger partial charge in [-0.05, 0) is 43.3 Å². The summed E-state index contributed by atoms with van der Waals surface area (Å²) >= 11 is 5.69. The van der Waals surface area contributed by atoms with Crippen LogP contribution < -0.4 is 10.9 Å². The molecule has 0 atom stereocenters. The van der Waals surface area contributed by atoms with Gasteiger partial charge in [0.1, 0.15) is 23.4 Å². The highest BCUT2D eigenvalue weighted by atomic mass is 35.5. The number of benzene rings is 2. The van der Waals surface area contributed by atoms with Crippen LogP contribution in [0.4, 0.5) is 10.1 Å². The molecule has 28 heavy (non-hydrogen) atoms. The average molecular weight is 401 g/mol. The van der Waals surface area contributed by atoms with E-state index in [0.717, 1.165) is 17.9 Å². The summed E-state index contributed by atoms with van der Waals surface area (Å²) in [5.74, 6) is -2.15. The van der Waals surface area contributed by atoms with E-state index in [1.54, 1.807) is 13.0 Å². The van der Waals surface area contributed by atoms with E-state index < -0.39 is 23.1 Å². The topological polar surface area (TPSA) is 103 Å². The van der Waals surface area contributed by atoms with Crippen molar-refractivity contribution in [3.63, 3.8) is 0 Å². The Kier molecular flexibility index (Phi) is 5.28. The highest BCUT2D eigenvalue weighted by Gasteiger charge is 2.19. The molecule has 6 nitrogen and oxygen atoms in total. The van der Waals surface area contributed by atoms with Gasteiger partial charge < -0.3 is 14.8 Å². The lowest BCUT2D eigenvalue weighted by Gasteiger charge is -2.08. The number of carbonyl (C=O) groups excluding carboxylic acids is 2. The molecule has 0 aliphatic heterocycles. The zero-order valence-electron chi connectivity index (χ0n) is 14.5. The standard InChI is InChI=1S/C20H14ClFN2O4/c1-10-2-5-17(25)13(6-10)18(26)11-7-14(19(23)28-9-11)20(27)24-12-3-4-16(22)15(21)8-12/h2-9,23,25H,1H3,(H,24,27). The minimum Gasteiger partial charge on any atom is -0.507 e. The number of hydrogen-bond donors (Lipinski definition) is 3. The summed E-state index contributed by atoms with van der Waals surface area (Å²) in [6.45, 7) is 1.76. The Balaban J connectivity index is 1.93. The summed E-state index contributed by atoms with van der Waals surface area (Å²) in [4.78, 5) is 25.1. The number of rotatable bonds is 4. The van der Waals surface area contributed by atoms with Crippen LogP contribution in [0.2, 0.25) is 5.02 Å². The molecule has 8 heteroatoms. The third-order valence-electron chi connectivity index (χ3n) is 3.93. The van der Waals surface area contributed by atoms with Crippen LogP contribution >= 0.6 is 11.6 Å². The van der Waals surface area contributed by atoms with Crippen LogP contribution in [0.1, 0.15) is 31.8 Å². The maximum atomic E-state index is 13.2. The molecule has 0 saturated carbocycles. The van der Waals surface area contributed by atoms with Crippen LogP contribution in [0.15, 0.2) is 53.1 Å². The molecule has 0 spiro atoms. The van der Waals surface area contributed by atoms with Crippen molar-refractivity contribution in [3.8, 4) is 5.75 Å². The fourth-order valence-electron chi connectivity index (χ4n) is 2.49. The van der Waals surface area contributed by atoms with Gasteiger partial charge in [-0.3, -0.25) is 15.0 Å². The van der Waals surface area contributed by atoms with Gasteiger partial charge in [0.05, 0.1) is 16.1 Å². The summed E-state index contributed by atoms with van der Waals surface area (Å²) in [5.41, 5.74) is 0.336. The van der Waals surface area contributed by atoms with Crippen molar-refractivity contribution in [2.45, 2.75) is 6.92 Å². The number of carbonyl (C=O) groups is 2. The number of hydrogen-bond acceptors (Lipinski definition) is 5. The van der Waals surface area contributed by atoms with Gasteiger partial charge in [0.25, 0.3) is 5.91 Å². The summed E-state index contributed by atoms with van der Waals surface area (Å²) in [5, 5.41) is 20.0. The largest absolute Gasteiger partial charge is 0.507 e. The van der Waals surface area contributed by atoms with E-state index in [9.17, 15) is 19.1 Å². The first-order valence-corrected chi connectivity index (χ1v) is 8.42. The molecule has 1 aromatic heterocycles. The molecule has 0 fully saturated rings. The van der Waals surface area contributed by atoms with Crippen molar-refractivity contribution < 1.29 is 23.5 Å². The molecule has 0 radical (unpaired) electrons. The minimum atomic E-state index is -0.737. The van der Waals surface area contributed by atoms with Gasteiger partial charge in [0.15, 0.2) is 5.78 Å². The van der Waals surface area contributed by atoms with E-state index in [4.69, 9.17) is 21.4 Å². The number of ketones is 1. The Labute approximate surface area is 163 Å². The first kappa shape index (κ1) is 19.3. The number of anilines is 1. The summed E-state index contributed by atoms with van der Waals surface area (Å²) in [7, 11) is 0. The first-order chi connectivity index (χ1) is 13.3. The van der Waals surface area contributed by atoms with Crippen molar-refractivity contribution in [2.75, 3.05) is 5.32 Å². The summed E-state index contributed by atoms with van der Waals surface area (Å²) < 4.78 is 18.3. The van der Waals surface area contributed by atoms with E-state index >= 15 is 0 Å². The van der Waals surface area contributed by atoms with Crippen LogP contribution in [0.3, 0.4) is 0 Å². The fourth-order valence-corrected chi connectivity index (χ4v) is 2.67. The Bertz CT molecular complexity index is 1160. The molecule has 0 unspecified atom stereocenters. The predicted molar refractivity (Wildman–Crippen MR) is 100 cm³/mol. The molecule has 1 amide bonds. The lowest BCUT2D eigenvalue weighted by Crippen LogP contribution is -2.22. The highest BCUT2D eigenvalue weighted by molar-refractivity contribution is 6.31. The van der Waals surface area contributed by atoms with Gasteiger partial charge in [-0.15, -0.1) is 0 Å². The van der Waals surface area contributed by atoms with Gasteiger partial charge in [-0.25, -0.2) is 4.39 Å². The monoisotopic (exact) mass is 400 g/mol. The molecule has 3 aromatic rings. The zero-order chi connectivity index (χ0) is 20.4. The Morgan fingerprint density at radius 3 is 2.61 bits per heavy atom. The molecule has 142 valence electrons. The fraction of sp³-hybridized carbons (Fsp3) is 0.0500. The van der Waals surface area contributed by atoms with Gasteiger partial charge in [-0.1, -0.05) is 23.2 Å². The molecule has 0 saturated heterocycles. The predicted octanol–water partition coefficient (Wildman–Crippen LogP) is 4.05. The van der Waals surface area contributed by atoms with Crippen molar-refractivity contribution >= 4 is 29.0 Å². The van der Waals surface area contributed by atoms with Crippen LogP contribution in [0, 0.1) is 18.2 Å². The molecule has 0 bridgehead atoms. The molecule has 0 aliphatic rings. The van der Waals surface area contributed by atoms with E-state index in [0.29, 0.717) is 0 Å². The van der Waals surface area contributed by atoms with Gasteiger partial charge in [0.2, 0.25) is 5.55 Å². The second-order valence-electron chi connectivity index (χ2n) is 6.01. The molecule has 0 aliphatic carbocycles. The summed E-state index contributed by atoms with van der Waals surface area (Å²) in [6, 6.07) is 9.35. The van der Waals surface area contributed by atoms with E-state index in [-0.39, 0.29) is 33.1 Å². The SMILES string of the molecule is Cc1ccc(O)c(C(=O)c2coc(=N)c(C(=O)Nc3ccc(F)c(Cl)c3)c2)c1. The van der Waals surface area contributed by atoms with Crippen molar-refractivity contribution in [2.24, 2.45) is 0 Å². The van der Waals surface area contributed by atoms with Crippen LogP contribution in [0.5, 0.6) is 5.75 Å². The molecule has 2 aromatic carbocycles. The van der Waals surface area contributed by atoms with Crippen molar-refractivity contribution in [1.82, 2.24) is 0 Å². The number of phenolic OH excluding ortho intramolecular Hbond substituents is 1. The summed E-state index contributed by atoms with van der Waals surface area (Å²) in [6.07, 6.45) is 1.04. The van der Waals surface area contributed by atoms with Crippen LogP contribution in [-0.2, 0) is 0 Å². The Morgan fingerprint density at radius 1 is 1.14 bits per heavy atom. The van der Waals surface area contributed by atoms with Crippen molar-refractivity contribution in [3.05, 3.63) is 87.4 Å². The molecular formula is C20H14ClFN2O4. The number of amides is 1.